The largest absolute Gasteiger partial charge is 0.370 e. The molecule has 0 aliphatic rings. The Morgan fingerprint density at radius 1 is 1.17 bits per heavy atom. The first-order valence-corrected chi connectivity index (χ1v) is 7.71. The molecule has 0 saturated heterocycles. The zero-order chi connectivity index (χ0) is 17.9. The van der Waals surface area contributed by atoms with Gasteiger partial charge in [0.05, 0.1) is 0 Å². The summed E-state index contributed by atoms with van der Waals surface area (Å²) in [4.78, 5) is 24.9. The van der Waals surface area contributed by atoms with E-state index in [1.807, 2.05) is 19.1 Å². The first kappa shape index (κ1) is 17.7. The highest BCUT2D eigenvalue weighted by Crippen LogP contribution is 2.24. The maximum atomic E-state index is 13.2. The van der Waals surface area contributed by atoms with E-state index < -0.39 is 5.91 Å². The van der Waals surface area contributed by atoms with Gasteiger partial charge in [-0.15, -0.1) is 0 Å². The number of hydrogen-bond donors (Lipinski definition) is 1. The first-order chi connectivity index (χ1) is 11.3. The minimum atomic E-state index is -0.440. The van der Waals surface area contributed by atoms with Crippen LogP contribution < -0.4 is 5.73 Å². The average molecular weight is 328 g/mol. The highest BCUT2D eigenvalue weighted by atomic mass is 19.1. The lowest BCUT2D eigenvalue weighted by molar-refractivity contribution is -0.118. The number of primary amides is 1. The molecular weight excluding hydrogens is 307 g/mol. The Hall–Kier alpha value is -2.69. The van der Waals surface area contributed by atoms with E-state index in [0.717, 1.165) is 16.7 Å². The predicted octanol–water partition coefficient (Wildman–Crippen LogP) is 3.14. The fourth-order valence-corrected chi connectivity index (χ4v) is 2.58. The molecule has 24 heavy (non-hydrogen) atoms. The van der Waals surface area contributed by atoms with Crippen molar-refractivity contribution in [3.8, 4) is 11.1 Å². The molecule has 2 aromatic rings. The van der Waals surface area contributed by atoms with Gasteiger partial charge in [0.1, 0.15) is 5.82 Å². The first-order valence-electron chi connectivity index (χ1n) is 7.71. The van der Waals surface area contributed by atoms with Gasteiger partial charge in [-0.2, -0.15) is 0 Å². The molecule has 0 radical (unpaired) electrons. The van der Waals surface area contributed by atoms with Crippen LogP contribution >= 0.6 is 0 Å². The SMILES string of the molecule is Cc1cc(F)ccc1-c1ccc(C(=O)N(C)C(C)CC(N)=O)cc1. The summed E-state index contributed by atoms with van der Waals surface area (Å²) in [6.07, 6.45) is 0.120. The van der Waals surface area contributed by atoms with Gasteiger partial charge in [0, 0.05) is 25.1 Å². The van der Waals surface area contributed by atoms with Crippen LogP contribution in [0.5, 0.6) is 0 Å². The summed E-state index contributed by atoms with van der Waals surface area (Å²) in [6.45, 7) is 3.62. The van der Waals surface area contributed by atoms with Crippen molar-refractivity contribution < 1.29 is 14.0 Å². The minimum absolute atomic E-state index is 0.120. The molecular formula is C19H21FN2O2. The van der Waals surface area contributed by atoms with E-state index in [1.165, 1.54) is 17.0 Å². The molecule has 5 heteroatoms. The van der Waals surface area contributed by atoms with Crippen molar-refractivity contribution >= 4 is 11.8 Å². The van der Waals surface area contributed by atoms with Crippen LogP contribution in [0.1, 0.15) is 29.3 Å². The lowest BCUT2D eigenvalue weighted by Crippen LogP contribution is -2.37. The van der Waals surface area contributed by atoms with E-state index >= 15 is 0 Å². The highest BCUT2D eigenvalue weighted by molar-refractivity contribution is 5.95. The van der Waals surface area contributed by atoms with Crippen molar-refractivity contribution in [3.63, 3.8) is 0 Å². The van der Waals surface area contributed by atoms with E-state index in [0.29, 0.717) is 5.56 Å². The lowest BCUT2D eigenvalue weighted by atomic mass is 9.99. The van der Waals surface area contributed by atoms with Gasteiger partial charge in [-0.3, -0.25) is 9.59 Å². The topological polar surface area (TPSA) is 63.4 Å². The molecule has 0 aliphatic heterocycles. The molecule has 126 valence electrons. The molecule has 0 aromatic heterocycles. The minimum Gasteiger partial charge on any atom is -0.370 e. The quantitative estimate of drug-likeness (QED) is 0.916. The van der Waals surface area contributed by atoms with Crippen LogP contribution in [0.2, 0.25) is 0 Å². The maximum absolute atomic E-state index is 13.2. The molecule has 2 N–H and O–H groups in total. The van der Waals surface area contributed by atoms with Gasteiger partial charge in [0.25, 0.3) is 5.91 Å². The summed E-state index contributed by atoms with van der Waals surface area (Å²) in [5.74, 6) is -0.886. The number of hydrogen-bond acceptors (Lipinski definition) is 2. The van der Waals surface area contributed by atoms with Crippen LogP contribution in [0.4, 0.5) is 4.39 Å². The standard InChI is InChI=1S/C19H21FN2O2/c1-12-10-16(20)8-9-17(12)14-4-6-15(7-5-14)19(24)22(3)13(2)11-18(21)23/h4-10,13H,11H2,1-3H3,(H2,21,23). The summed E-state index contributed by atoms with van der Waals surface area (Å²) < 4.78 is 13.2. The number of carbonyl (C=O) groups is 2. The zero-order valence-electron chi connectivity index (χ0n) is 14.0. The number of benzene rings is 2. The monoisotopic (exact) mass is 328 g/mol. The number of rotatable bonds is 5. The number of carbonyl (C=O) groups excluding carboxylic acids is 2. The van der Waals surface area contributed by atoms with Gasteiger partial charge in [-0.25, -0.2) is 4.39 Å². The lowest BCUT2D eigenvalue weighted by Gasteiger charge is -2.24. The molecule has 0 saturated carbocycles. The van der Waals surface area contributed by atoms with Gasteiger partial charge in [-0.05, 0) is 54.8 Å². The van der Waals surface area contributed by atoms with Crippen LogP contribution in [-0.2, 0) is 4.79 Å². The molecule has 0 fully saturated rings. The molecule has 2 amide bonds. The second-order valence-electron chi connectivity index (χ2n) is 5.97. The average Bonchev–Trinajstić information content (AvgIpc) is 2.53. The fourth-order valence-electron chi connectivity index (χ4n) is 2.58. The number of nitrogens with two attached hydrogens (primary N) is 1. The van der Waals surface area contributed by atoms with E-state index in [2.05, 4.69) is 0 Å². The van der Waals surface area contributed by atoms with Gasteiger partial charge < -0.3 is 10.6 Å². The third-order valence-electron chi connectivity index (χ3n) is 4.11. The second kappa shape index (κ2) is 7.25. The van der Waals surface area contributed by atoms with E-state index in [4.69, 9.17) is 5.73 Å². The van der Waals surface area contributed by atoms with Gasteiger partial charge in [0.15, 0.2) is 0 Å². The second-order valence-corrected chi connectivity index (χ2v) is 5.97. The summed E-state index contributed by atoms with van der Waals surface area (Å²) in [5, 5.41) is 0. The Morgan fingerprint density at radius 2 is 1.79 bits per heavy atom. The molecule has 4 nitrogen and oxygen atoms in total. The van der Waals surface area contributed by atoms with Crippen molar-refractivity contribution in [2.75, 3.05) is 7.05 Å². The Kier molecular flexibility index (Phi) is 5.34. The highest BCUT2D eigenvalue weighted by Gasteiger charge is 2.19. The van der Waals surface area contributed by atoms with Crippen LogP contribution in [0, 0.1) is 12.7 Å². The van der Waals surface area contributed by atoms with Gasteiger partial charge in [0.2, 0.25) is 5.91 Å². The normalized spacial score (nSPS) is 11.8. The summed E-state index contributed by atoms with van der Waals surface area (Å²) in [6, 6.07) is 11.5. The Bertz CT molecular complexity index is 756. The number of amides is 2. The van der Waals surface area contributed by atoms with Gasteiger partial charge in [-0.1, -0.05) is 18.2 Å². The maximum Gasteiger partial charge on any atom is 0.253 e. The Labute approximate surface area is 141 Å². The van der Waals surface area contributed by atoms with Crippen molar-refractivity contribution in [1.29, 1.82) is 0 Å². The zero-order valence-corrected chi connectivity index (χ0v) is 14.0. The summed E-state index contributed by atoms with van der Waals surface area (Å²) in [5.41, 5.74) is 8.37. The number of halogens is 1. The third kappa shape index (κ3) is 3.98. The van der Waals surface area contributed by atoms with Gasteiger partial charge >= 0.3 is 0 Å². The van der Waals surface area contributed by atoms with E-state index in [-0.39, 0.29) is 24.2 Å². The van der Waals surface area contributed by atoms with E-state index in [9.17, 15) is 14.0 Å². The molecule has 0 heterocycles. The van der Waals surface area contributed by atoms with Crippen LogP contribution in [0.25, 0.3) is 11.1 Å². The van der Waals surface area contributed by atoms with Crippen LogP contribution in [-0.4, -0.2) is 29.8 Å². The summed E-state index contributed by atoms with van der Waals surface area (Å²) >= 11 is 0. The Morgan fingerprint density at radius 3 is 2.33 bits per heavy atom. The molecule has 2 aromatic carbocycles. The van der Waals surface area contributed by atoms with Crippen molar-refractivity contribution in [2.24, 2.45) is 5.73 Å². The third-order valence-corrected chi connectivity index (χ3v) is 4.11. The van der Waals surface area contributed by atoms with Crippen LogP contribution in [0.15, 0.2) is 42.5 Å². The predicted molar refractivity (Wildman–Crippen MR) is 91.9 cm³/mol. The van der Waals surface area contributed by atoms with Crippen LogP contribution in [0.3, 0.4) is 0 Å². The number of aryl methyl sites for hydroxylation is 1. The van der Waals surface area contributed by atoms with Crippen molar-refractivity contribution in [2.45, 2.75) is 26.3 Å². The fraction of sp³-hybridized carbons (Fsp3) is 0.263. The molecule has 0 spiro atoms. The Balaban J connectivity index is 2.19. The van der Waals surface area contributed by atoms with E-state index in [1.54, 1.807) is 32.2 Å². The molecule has 0 bridgehead atoms. The molecule has 1 unspecified atom stereocenters. The smallest absolute Gasteiger partial charge is 0.253 e. The molecule has 2 rings (SSSR count). The summed E-state index contributed by atoms with van der Waals surface area (Å²) in [7, 11) is 1.65. The van der Waals surface area contributed by atoms with Crippen molar-refractivity contribution in [1.82, 2.24) is 4.90 Å². The molecule has 1 atom stereocenters. The number of nitrogens with zero attached hydrogens (tertiary/aromatic N) is 1. The van der Waals surface area contributed by atoms with Crippen molar-refractivity contribution in [3.05, 3.63) is 59.4 Å². The molecule has 0 aliphatic carbocycles.